The number of hydrogen-bond donors (Lipinski definition) is 2. The number of carboxylic acids is 1. The first-order valence-electron chi connectivity index (χ1n) is 9.79. The highest BCUT2D eigenvalue weighted by molar-refractivity contribution is 9.10. The lowest BCUT2D eigenvalue weighted by atomic mass is 10.2. The number of halogens is 1. The third kappa shape index (κ3) is 6.36. The molecule has 0 saturated carbocycles. The van der Waals surface area contributed by atoms with E-state index in [4.69, 9.17) is 23.7 Å². The van der Waals surface area contributed by atoms with E-state index in [0.29, 0.717) is 40.7 Å². The Hall–Kier alpha value is -3.79. The fourth-order valence-corrected chi connectivity index (χ4v) is 3.16. The van der Waals surface area contributed by atoms with Crippen LogP contribution in [0.3, 0.4) is 0 Å². The molecule has 2 aromatic carbocycles. The van der Waals surface area contributed by atoms with Crippen LogP contribution in [0.5, 0.6) is 17.2 Å². The van der Waals surface area contributed by atoms with Gasteiger partial charge in [0.1, 0.15) is 18.1 Å². The van der Waals surface area contributed by atoms with E-state index in [0.717, 1.165) is 4.47 Å². The predicted molar refractivity (Wildman–Crippen MR) is 123 cm³/mol. The quantitative estimate of drug-likeness (QED) is 0.300. The smallest absolute Gasteiger partial charge is 0.371 e. The highest BCUT2D eigenvalue weighted by Crippen LogP contribution is 2.29. The zero-order chi connectivity index (χ0) is 23.8. The standard InChI is InChI=1S/C23H21BrN2O7/c1-3-31-21-10-14(4-7-19(21)32-13-16-6-9-20(33-16)23(28)29)12-25-26-22(27)17-11-15(24)5-8-18(17)30-2/h4-12H,3,13H2,1-2H3,(H,26,27)(H,28,29). The fraction of sp³-hybridized carbons (Fsp3) is 0.174. The molecular weight excluding hydrogens is 496 g/mol. The van der Waals surface area contributed by atoms with Crippen LogP contribution in [0.4, 0.5) is 0 Å². The molecule has 0 aliphatic carbocycles. The molecule has 1 amide bonds. The average Bonchev–Trinajstić information content (AvgIpc) is 3.28. The van der Waals surface area contributed by atoms with Gasteiger partial charge in [-0.3, -0.25) is 4.79 Å². The minimum atomic E-state index is -1.15. The van der Waals surface area contributed by atoms with Crippen LogP contribution in [0.2, 0.25) is 0 Å². The molecule has 9 nitrogen and oxygen atoms in total. The summed E-state index contributed by atoms with van der Waals surface area (Å²) in [5.41, 5.74) is 3.48. The second-order valence-electron chi connectivity index (χ2n) is 6.54. The van der Waals surface area contributed by atoms with Crippen molar-refractivity contribution in [2.45, 2.75) is 13.5 Å². The number of aromatic carboxylic acids is 1. The minimum absolute atomic E-state index is 0.0331. The highest BCUT2D eigenvalue weighted by Gasteiger charge is 2.13. The van der Waals surface area contributed by atoms with Crippen molar-refractivity contribution in [2.75, 3.05) is 13.7 Å². The van der Waals surface area contributed by atoms with E-state index in [1.807, 2.05) is 6.92 Å². The number of carboxylic acid groups (broad SMARTS) is 1. The van der Waals surface area contributed by atoms with Crippen LogP contribution in [-0.4, -0.2) is 36.9 Å². The topological polar surface area (TPSA) is 120 Å². The van der Waals surface area contributed by atoms with Crippen molar-refractivity contribution >= 4 is 34.0 Å². The molecular formula is C23H21BrN2O7. The number of amides is 1. The third-order valence-electron chi connectivity index (χ3n) is 4.30. The SMILES string of the molecule is CCOc1cc(C=NNC(=O)c2cc(Br)ccc2OC)ccc1OCc1ccc(C(=O)O)o1. The van der Waals surface area contributed by atoms with Gasteiger partial charge in [-0.2, -0.15) is 5.10 Å². The first-order chi connectivity index (χ1) is 15.9. The van der Waals surface area contributed by atoms with E-state index in [1.165, 1.54) is 25.5 Å². The monoisotopic (exact) mass is 516 g/mol. The van der Waals surface area contributed by atoms with Crippen molar-refractivity contribution in [3.8, 4) is 17.2 Å². The Morgan fingerprint density at radius 2 is 1.88 bits per heavy atom. The zero-order valence-electron chi connectivity index (χ0n) is 17.8. The lowest BCUT2D eigenvalue weighted by Gasteiger charge is -2.12. The van der Waals surface area contributed by atoms with E-state index in [2.05, 4.69) is 26.5 Å². The van der Waals surface area contributed by atoms with Crippen LogP contribution in [0.1, 0.15) is 39.2 Å². The van der Waals surface area contributed by atoms with Crippen molar-refractivity contribution in [1.82, 2.24) is 5.43 Å². The van der Waals surface area contributed by atoms with Gasteiger partial charge in [-0.15, -0.1) is 0 Å². The molecule has 0 aliphatic rings. The summed E-state index contributed by atoms with van der Waals surface area (Å²) in [4.78, 5) is 23.4. The summed E-state index contributed by atoms with van der Waals surface area (Å²) in [6, 6.07) is 13.1. The van der Waals surface area contributed by atoms with Crippen molar-refractivity contribution in [2.24, 2.45) is 5.10 Å². The predicted octanol–water partition coefficient (Wildman–Crippen LogP) is 4.49. The number of benzene rings is 2. The molecule has 0 fully saturated rings. The first kappa shape index (κ1) is 23.9. The number of rotatable bonds is 10. The van der Waals surface area contributed by atoms with Gasteiger partial charge in [0.15, 0.2) is 11.5 Å². The second-order valence-corrected chi connectivity index (χ2v) is 7.46. The van der Waals surface area contributed by atoms with Gasteiger partial charge in [0.05, 0.1) is 25.5 Å². The molecule has 3 aromatic rings. The molecule has 0 radical (unpaired) electrons. The molecule has 2 N–H and O–H groups in total. The molecule has 0 spiro atoms. The van der Waals surface area contributed by atoms with Gasteiger partial charge in [-0.05, 0) is 61.0 Å². The highest BCUT2D eigenvalue weighted by atomic mass is 79.9. The maximum atomic E-state index is 12.4. The fourth-order valence-electron chi connectivity index (χ4n) is 2.80. The summed E-state index contributed by atoms with van der Waals surface area (Å²) < 4.78 is 22.5. The number of ether oxygens (including phenoxy) is 3. The summed E-state index contributed by atoms with van der Waals surface area (Å²) in [5, 5.41) is 12.9. The van der Waals surface area contributed by atoms with Crippen LogP contribution < -0.4 is 19.6 Å². The summed E-state index contributed by atoms with van der Waals surface area (Å²) in [6.45, 7) is 2.27. The number of furan rings is 1. The maximum Gasteiger partial charge on any atom is 0.371 e. The normalized spacial score (nSPS) is 10.8. The lowest BCUT2D eigenvalue weighted by Crippen LogP contribution is -2.18. The number of hydrogen-bond acceptors (Lipinski definition) is 7. The van der Waals surface area contributed by atoms with Gasteiger partial charge in [0.2, 0.25) is 5.76 Å². The molecule has 0 unspecified atom stereocenters. The Morgan fingerprint density at radius 3 is 2.58 bits per heavy atom. The van der Waals surface area contributed by atoms with Gasteiger partial charge in [0, 0.05) is 4.47 Å². The minimum Gasteiger partial charge on any atom is -0.496 e. The van der Waals surface area contributed by atoms with Crippen molar-refractivity contribution in [3.63, 3.8) is 0 Å². The van der Waals surface area contributed by atoms with Gasteiger partial charge in [0.25, 0.3) is 5.91 Å². The van der Waals surface area contributed by atoms with Crippen molar-refractivity contribution < 1.29 is 33.3 Å². The van der Waals surface area contributed by atoms with E-state index in [-0.39, 0.29) is 12.4 Å². The average molecular weight is 517 g/mol. The summed E-state index contributed by atoms with van der Waals surface area (Å²) in [5.74, 6) is -0.0208. The Balaban J connectivity index is 1.67. The Bertz CT molecular complexity index is 1170. The molecule has 1 aromatic heterocycles. The van der Waals surface area contributed by atoms with E-state index in [1.54, 1.807) is 36.4 Å². The van der Waals surface area contributed by atoms with Crippen LogP contribution in [0.25, 0.3) is 0 Å². The lowest BCUT2D eigenvalue weighted by molar-refractivity contribution is 0.0657. The van der Waals surface area contributed by atoms with Crippen molar-refractivity contribution in [1.29, 1.82) is 0 Å². The van der Waals surface area contributed by atoms with Crippen LogP contribution in [0.15, 0.2) is 62.5 Å². The number of carbonyl (C=O) groups is 2. The zero-order valence-corrected chi connectivity index (χ0v) is 19.4. The van der Waals surface area contributed by atoms with Gasteiger partial charge in [-0.1, -0.05) is 15.9 Å². The number of methoxy groups -OCH3 is 1. The molecule has 0 atom stereocenters. The van der Waals surface area contributed by atoms with E-state index >= 15 is 0 Å². The molecule has 10 heteroatoms. The van der Waals surface area contributed by atoms with E-state index < -0.39 is 11.9 Å². The molecule has 3 rings (SSSR count). The molecule has 0 aliphatic heterocycles. The Morgan fingerprint density at radius 1 is 1.09 bits per heavy atom. The molecule has 33 heavy (non-hydrogen) atoms. The Labute approximate surface area is 198 Å². The summed E-state index contributed by atoms with van der Waals surface area (Å²) in [7, 11) is 1.49. The van der Waals surface area contributed by atoms with Crippen LogP contribution in [-0.2, 0) is 6.61 Å². The third-order valence-corrected chi connectivity index (χ3v) is 4.79. The van der Waals surface area contributed by atoms with Gasteiger partial charge >= 0.3 is 5.97 Å². The number of nitrogens with one attached hydrogen (secondary N) is 1. The van der Waals surface area contributed by atoms with Crippen LogP contribution >= 0.6 is 15.9 Å². The maximum absolute atomic E-state index is 12.4. The largest absolute Gasteiger partial charge is 0.496 e. The van der Waals surface area contributed by atoms with Gasteiger partial charge in [-0.25, -0.2) is 10.2 Å². The molecule has 0 saturated heterocycles. The molecule has 1 heterocycles. The molecule has 172 valence electrons. The van der Waals surface area contributed by atoms with E-state index in [9.17, 15) is 9.59 Å². The van der Waals surface area contributed by atoms with Crippen molar-refractivity contribution in [3.05, 3.63) is 75.7 Å². The first-order valence-corrected chi connectivity index (χ1v) is 10.6. The second kappa shape index (κ2) is 11.2. The van der Waals surface area contributed by atoms with Crippen LogP contribution in [0, 0.1) is 0 Å². The number of hydrazone groups is 1. The van der Waals surface area contributed by atoms with Gasteiger partial charge < -0.3 is 23.7 Å². The Kier molecular flexibility index (Phi) is 8.09. The summed E-state index contributed by atoms with van der Waals surface area (Å²) >= 11 is 3.33. The number of nitrogens with zero attached hydrogens (tertiary/aromatic N) is 1. The molecule has 0 bridgehead atoms. The summed E-state index contributed by atoms with van der Waals surface area (Å²) in [6.07, 6.45) is 1.47. The number of carbonyl (C=O) groups excluding carboxylic acids is 1.